The molecule has 98 valence electrons. The van der Waals surface area contributed by atoms with Crippen LogP contribution in [-0.4, -0.2) is 33.1 Å². The van der Waals surface area contributed by atoms with E-state index in [1.54, 1.807) is 7.11 Å². The van der Waals surface area contributed by atoms with Gasteiger partial charge in [-0.25, -0.2) is 8.42 Å². The summed E-state index contributed by atoms with van der Waals surface area (Å²) >= 11 is 0. The number of aryl methyl sites for hydroxylation is 1. The molecule has 0 saturated carbocycles. The van der Waals surface area contributed by atoms with Crippen molar-refractivity contribution >= 4 is 9.84 Å². The highest BCUT2D eigenvalue weighted by atomic mass is 32.2. The van der Waals surface area contributed by atoms with E-state index in [-0.39, 0.29) is 17.0 Å². The number of fused-ring (bicyclic) bond motifs is 3. The van der Waals surface area contributed by atoms with Crippen molar-refractivity contribution in [2.45, 2.75) is 24.1 Å². The lowest BCUT2D eigenvalue weighted by molar-refractivity contribution is 0.408. The molecule has 2 unspecified atom stereocenters. The van der Waals surface area contributed by atoms with E-state index in [1.165, 1.54) is 5.56 Å². The molecule has 1 saturated heterocycles. The van der Waals surface area contributed by atoms with Crippen molar-refractivity contribution in [2.24, 2.45) is 0 Å². The van der Waals surface area contributed by atoms with Gasteiger partial charge in [0.1, 0.15) is 5.75 Å². The van der Waals surface area contributed by atoms with Gasteiger partial charge in [0.05, 0.1) is 18.1 Å². The van der Waals surface area contributed by atoms with E-state index < -0.39 is 9.84 Å². The van der Waals surface area contributed by atoms with Gasteiger partial charge >= 0.3 is 0 Å². The minimum atomic E-state index is -2.94. The third-order valence-electron chi connectivity index (χ3n) is 3.97. The molecule has 0 spiro atoms. The van der Waals surface area contributed by atoms with Crippen LogP contribution in [0.2, 0.25) is 0 Å². The maximum absolute atomic E-state index is 12.1. The predicted octanol–water partition coefficient (Wildman–Crippen LogP) is 1.07. The second-order valence-electron chi connectivity index (χ2n) is 4.94. The van der Waals surface area contributed by atoms with Gasteiger partial charge in [-0.15, -0.1) is 0 Å². The highest BCUT2D eigenvalue weighted by molar-refractivity contribution is 7.92. The molecule has 3 rings (SSSR count). The number of hydrogen-bond acceptors (Lipinski definition) is 4. The Kier molecular flexibility index (Phi) is 2.83. The SMILES string of the molecule is COc1ccc2c(c1)CCC1C2NCCS1(=O)=O. The summed E-state index contributed by atoms with van der Waals surface area (Å²) in [6.45, 7) is 0.551. The number of methoxy groups -OCH3 is 1. The average molecular weight is 267 g/mol. The van der Waals surface area contributed by atoms with Gasteiger partial charge in [0, 0.05) is 12.6 Å². The fraction of sp³-hybridized carbons (Fsp3) is 0.538. The molecule has 18 heavy (non-hydrogen) atoms. The van der Waals surface area contributed by atoms with Gasteiger partial charge in [-0.3, -0.25) is 0 Å². The Morgan fingerprint density at radius 3 is 3.00 bits per heavy atom. The highest BCUT2D eigenvalue weighted by Gasteiger charge is 2.40. The molecule has 1 aliphatic carbocycles. The van der Waals surface area contributed by atoms with E-state index in [0.29, 0.717) is 13.0 Å². The number of sulfone groups is 1. The van der Waals surface area contributed by atoms with Gasteiger partial charge in [-0.2, -0.15) is 0 Å². The van der Waals surface area contributed by atoms with Crippen LogP contribution in [0.4, 0.5) is 0 Å². The van der Waals surface area contributed by atoms with E-state index in [1.807, 2.05) is 18.2 Å². The summed E-state index contributed by atoms with van der Waals surface area (Å²) in [5.41, 5.74) is 2.33. The minimum absolute atomic E-state index is 0.0431. The van der Waals surface area contributed by atoms with Crippen molar-refractivity contribution in [1.82, 2.24) is 5.32 Å². The Bertz CT molecular complexity index is 568. The first-order valence-corrected chi connectivity index (χ1v) is 7.95. The van der Waals surface area contributed by atoms with Crippen molar-refractivity contribution in [1.29, 1.82) is 0 Å². The van der Waals surface area contributed by atoms with Crippen LogP contribution in [0, 0.1) is 0 Å². The monoisotopic (exact) mass is 267 g/mol. The molecule has 1 heterocycles. The lowest BCUT2D eigenvalue weighted by atomic mass is 9.87. The van der Waals surface area contributed by atoms with Crippen molar-refractivity contribution in [2.75, 3.05) is 19.4 Å². The van der Waals surface area contributed by atoms with E-state index in [0.717, 1.165) is 17.7 Å². The van der Waals surface area contributed by atoms with Gasteiger partial charge < -0.3 is 10.1 Å². The Labute approximate surface area is 107 Å². The zero-order chi connectivity index (χ0) is 12.8. The lowest BCUT2D eigenvalue weighted by Gasteiger charge is -2.37. The zero-order valence-corrected chi connectivity index (χ0v) is 11.2. The number of rotatable bonds is 1. The van der Waals surface area contributed by atoms with E-state index in [9.17, 15) is 8.42 Å². The minimum Gasteiger partial charge on any atom is -0.497 e. The average Bonchev–Trinajstić information content (AvgIpc) is 2.37. The van der Waals surface area contributed by atoms with Crippen LogP contribution in [0.25, 0.3) is 0 Å². The van der Waals surface area contributed by atoms with Crippen LogP contribution in [0.1, 0.15) is 23.6 Å². The van der Waals surface area contributed by atoms with E-state index in [2.05, 4.69) is 5.32 Å². The van der Waals surface area contributed by atoms with Gasteiger partial charge in [-0.05, 0) is 36.1 Å². The molecule has 1 aromatic carbocycles. The second-order valence-corrected chi connectivity index (χ2v) is 7.28. The first kappa shape index (κ1) is 12.0. The summed E-state index contributed by atoms with van der Waals surface area (Å²) in [5, 5.41) is 3.09. The highest BCUT2D eigenvalue weighted by Crippen LogP contribution is 2.37. The molecule has 5 heteroatoms. The van der Waals surface area contributed by atoms with Gasteiger partial charge in [0.2, 0.25) is 0 Å². The fourth-order valence-corrected chi connectivity index (χ4v) is 4.87. The maximum Gasteiger partial charge on any atom is 0.156 e. The predicted molar refractivity (Wildman–Crippen MR) is 69.6 cm³/mol. The van der Waals surface area contributed by atoms with Crippen LogP contribution < -0.4 is 10.1 Å². The molecule has 2 atom stereocenters. The Hall–Kier alpha value is -1.07. The van der Waals surface area contributed by atoms with Gasteiger partial charge in [-0.1, -0.05) is 6.07 Å². The summed E-state index contributed by atoms with van der Waals surface area (Å²) in [6.07, 6.45) is 1.52. The molecule has 1 fully saturated rings. The van der Waals surface area contributed by atoms with E-state index in [4.69, 9.17) is 4.74 Å². The quantitative estimate of drug-likeness (QED) is 0.827. The first-order valence-electron chi connectivity index (χ1n) is 6.23. The summed E-state index contributed by atoms with van der Waals surface area (Å²) in [4.78, 5) is 0. The van der Waals surface area contributed by atoms with E-state index >= 15 is 0 Å². The number of benzene rings is 1. The molecule has 1 aromatic rings. The lowest BCUT2D eigenvalue weighted by Crippen LogP contribution is -2.48. The number of hydrogen-bond donors (Lipinski definition) is 1. The van der Waals surface area contributed by atoms with Crippen molar-refractivity contribution < 1.29 is 13.2 Å². The third-order valence-corrected chi connectivity index (χ3v) is 6.17. The molecule has 2 aliphatic rings. The largest absolute Gasteiger partial charge is 0.497 e. The summed E-state index contributed by atoms with van der Waals surface area (Å²) < 4.78 is 29.4. The summed E-state index contributed by atoms with van der Waals surface area (Å²) in [6, 6.07) is 5.88. The standard InChI is InChI=1S/C13H17NO3S/c1-17-10-3-4-11-9(8-10)2-5-12-13(11)14-6-7-18(12,15)16/h3-4,8,12-14H,2,5-7H2,1H3. The molecule has 0 radical (unpaired) electrons. The normalized spacial score (nSPS) is 29.2. The van der Waals surface area contributed by atoms with Gasteiger partial charge in [0.15, 0.2) is 9.84 Å². The number of nitrogens with one attached hydrogen (secondary N) is 1. The molecular formula is C13H17NO3S. The topological polar surface area (TPSA) is 55.4 Å². The fourth-order valence-electron chi connectivity index (χ4n) is 3.03. The van der Waals surface area contributed by atoms with Crippen molar-refractivity contribution in [3.8, 4) is 5.75 Å². The van der Waals surface area contributed by atoms with Crippen LogP contribution in [0.5, 0.6) is 5.75 Å². The van der Waals surface area contributed by atoms with Crippen LogP contribution >= 0.6 is 0 Å². The first-order chi connectivity index (χ1) is 8.62. The van der Waals surface area contributed by atoms with Crippen LogP contribution in [0.15, 0.2) is 18.2 Å². The van der Waals surface area contributed by atoms with Gasteiger partial charge in [0.25, 0.3) is 0 Å². The molecule has 0 bridgehead atoms. The second kappa shape index (κ2) is 4.24. The molecule has 4 nitrogen and oxygen atoms in total. The molecular weight excluding hydrogens is 250 g/mol. The Morgan fingerprint density at radius 2 is 2.22 bits per heavy atom. The number of ether oxygens (including phenoxy) is 1. The van der Waals surface area contributed by atoms with Crippen molar-refractivity contribution in [3.05, 3.63) is 29.3 Å². The molecule has 1 aliphatic heterocycles. The summed E-state index contributed by atoms with van der Waals surface area (Å²) in [7, 11) is -1.29. The third kappa shape index (κ3) is 1.82. The molecule has 1 N–H and O–H groups in total. The zero-order valence-electron chi connectivity index (χ0n) is 10.3. The summed E-state index contributed by atoms with van der Waals surface area (Å²) in [5.74, 6) is 1.10. The van der Waals surface area contributed by atoms with Crippen LogP contribution in [0.3, 0.4) is 0 Å². The Balaban J connectivity index is 2.03. The van der Waals surface area contributed by atoms with Crippen LogP contribution in [-0.2, 0) is 16.3 Å². The smallest absolute Gasteiger partial charge is 0.156 e. The molecule has 0 aromatic heterocycles. The Morgan fingerprint density at radius 1 is 1.39 bits per heavy atom. The maximum atomic E-state index is 12.1. The molecule has 0 amide bonds. The van der Waals surface area contributed by atoms with Crippen molar-refractivity contribution in [3.63, 3.8) is 0 Å².